The fraction of sp³-hybridized carbons (Fsp3) is 0.333. The van der Waals surface area contributed by atoms with Crippen LogP contribution >= 0.6 is 0 Å². The van der Waals surface area contributed by atoms with Crippen LogP contribution in [-0.4, -0.2) is 37.3 Å². The second-order valence-electron chi connectivity index (χ2n) is 4.28. The van der Waals surface area contributed by atoms with E-state index in [2.05, 4.69) is 15.3 Å². The van der Waals surface area contributed by atoms with Crippen molar-refractivity contribution in [3.05, 3.63) is 36.7 Å². The van der Waals surface area contributed by atoms with Crippen LogP contribution in [0.15, 0.2) is 36.7 Å². The van der Waals surface area contributed by atoms with Gasteiger partial charge in [0.15, 0.2) is 11.6 Å². The Labute approximate surface area is 119 Å². The highest BCUT2D eigenvalue weighted by Crippen LogP contribution is 2.21. The molecule has 0 atom stereocenters. The molecule has 1 aromatic carbocycles. The maximum absolute atomic E-state index is 5.55. The average Bonchev–Trinajstić information content (AvgIpc) is 2.52. The molecule has 0 aliphatic rings. The molecule has 0 unspecified atom stereocenters. The number of hydrogen-bond donors (Lipinski definition) is 1. The quantitative estimate of drug-likeness (QED) is 0.783. The molecule has 2 aromatic rings. The lowest BCUT2D eigenvalue weighted by molar-refractivity contribution is 0.307. The van der Waals surface area contributed by atoms with Crippen molar-refractivity contribution in [3.8, 4) is 22.9 Å². The van der Waals surface area contributed by atoms with Crippen LogP contribution in [0.4, 0.5) is 0 Å². The third-order valence-corrected chi connectivity index (χ3v) is 2.80. The van der Waals surface area contributed by atoms with E-state index in [4.69, 9.17) is 9.47 Å². The predicted molar refractivity (Wildman–Crippen MR) is 78.1 cm³/mol. The highest BCUT2D eigenvalue weighted by atomic mass is 16.5. The number of ether oxygens (including phenoxy) is 2. The van der Waals surface area contributed by atoms with E-state index in [0.717, 1.165) is 24.3 Å². The Balaban J connectivity index is 2.00. The molecule has 1 aromatic heterocycles. The fourth-order valence-corrected chi connectivity index (χ4v) is 1.74. The number of methoxy groups -OCH3 is 1. The van der Waals surface area contributed by atoms with Crippen LogP contribution in [0.2, 0.25) is 0 Å². The lowest BCUT2D eigenvalue weighted by Crippen LogP contribution is -2.11. The molecule has 2 rings (SSSR count). The Morgan fingerprint density at radius 2 is 1.95 bits per heavy atom. The number of nitrogens with one attached hydrogen (secondary N) is 1. The fourth-order valence-electron chi connectivity index (χ4n) is 1.74. The summed E-state index contributed by atoms with van der Waals surface area (Å²) in [6, 6.07) is 7.66. The molecule has 106 valence electrons. The molecule has 0 fully saturated rings. The maximum atomic E-state index is 5.55. The second kappa shape index (κ2) is 7.45. The van der Waals surface area contributed by atoms with Crippen LogP contribution in [-0.2, 0) is 0 Å². The first-order valence-corrected chi connectivity index (χ1v) is 6.57. The van der Waals surface area contributed by atoms with E-state index < -0.39 is 0 Å². The minimum absolute atomic E-state index is 0.655. The van der Waals surface area contributed by atoms with Crippen LogP contribution in [0.5, 0.6) is 11.5 Å². The lowest BCUT2D eigenvalue weighted by Gasteiger charge is -2.06. The van der Waals surface area contributed by atoms with E-state index in [0.29, 0.717) is 18.2 Å². The molecule has 0 aliphatic heterocycles. The lowest BCUT2D eigenvalue weighted by atomic mass is 10.2. The number of rotatable bonds is 7. The van der Waals surface area contributed by atoms with Gasteiger partial charge in [-0.1, -0.05) is 12.1 Å². The molecule has 0 saturated heterocycles. The minimum atomic E-state index is 0.655. The molecule has 20 heavy (non-hydrogen) atoms. The molecule has 0 aliphatic carbocycles. The van der Waals surface area contributed by atoms with Crippen LogP contribution in [0.1, 0.15) is 6.42 Å². The molecule has 1 N–H and O–H groups in total. The van der Waals surface area contributed by atoms with Crippen LogP contribution < -0.4 is 14.8 Å². The molecule has 0 amide bonds. The summed E-state index contributed by atoms with van der Waals surface area (Å²) in [5, 5.41) is 3.07. The van der Waals surface area contributed by atoms with Gasteiger partial charge < -0.3 is 14.8 Å². The Morgan fingerprint density at radius 1 is 1.15 bits per heavy atom. The molecular formula is C15H19N3O2. The van der Waals surface area contributed by atoms with Gasteiger partial charge in [-0.05, 0) is 32.1 Å². The number of nitrogens with zero attached hydrogens (tertiary/aromatic N) is 2. The van der Waals surface area contributed by atoms with E-state index in [1.807, 2.05) is 31.3 Å². The van der Waals surface area contributed by atoms with E-state index in [9.17, 15) is 0 Å². The number of hydrogen-bond acceptors (Lipinski definition) is 5. The van der Waals surface area contributed by atoms with Crippen molar-refractivity contribution in [2.45, 2.75) is 6.42 Å². The zero-order valence-corrected chi connectivity index (χ0v) is 11.8. The second-order valence-corrected chi connectivity index (χ2v) is 4.28. The molecule has 0 saturated carbocycles. The zero-order valence-electron chi connectivity index (χ0n) is 11.8. The first-order valence-electron chi connectivity index (χ1n) is 6.57. The Bertz CT molecular complexity index is 529. The van der Waals surface area contributed by atoms with Crippen molar-refractivity contribution in [2.24, 2.45) is 0 Å². The van der Waals surface area contributed by atoms with Gasteiger partial charge in [0.05, 0.1) is 26.1 Å². The highest BCUT2D eigenvalue weighted by molar-refractivity contribution is 5.57. The van der Waals surface area contributed by atoms with Gasteiger partial charge in [-0.15, -0.1) is 0 Å². The topological polar surface area (TPSA) is 56.3 Å². The first kappa shape index (κ1) is 14.3. The monoisotopic (exact) mass is 273 g/mol. The van der Waals surface area contributed by atoms with Crippen LogP contribution in [0.3, 0.4) is 0 Å². The molecular weight excluding hydrogens is 254 g/mol. The van der Waals surface area contributed by atoms with Crippen molar-refractivity contribution in [1.82, 2.24) is 15.3 Å². The molecule has 0 bridgehead atoms. The summed E-state index contributed by atoms with van der Waals surface area (Å²) in [6.45, 7) is 1.59. The molecule has 0 radical (unpaired) electrons. The standard InChI is InChI=1S/C15H19N3O2/c1-16-7-4-8-20-14-10-17-15(18-11-14)12-5-3-6-13(9-12)19-2/h3,5-6,9-11,16H,4,7-8H2,1-2H3. The summed E-state index contributed by atoms with van der Waals surface area (Å²) in [5.41, 5.74) is 0.922. The molecule has 5 nitrogen and oxygen atoms in total. The van der Waals surface area contributed by atoms with Crippen molar-refractivity contribution < 1.29 is 9.47 Å². The van der Waals surface area contributed by atoms with Gasteiger partial charge >= 0.3 is 0 Å². The maximum Gasteiger partial charge on any atom is 0.159 e. The molecule has 1 heterocycles. The zero-order chi connectivity index (χ0) is 14.2. The van der Waals surface area contributed by atoms with Gasteiger partial charge in [-0.25, -0.2) is 9.97 Å². The van der Waals surface area contributed by atoms with Gasteiger partial charge in [0, 0.05) is 5.56 Å². The summed E-state index contributed by atoms with van der Waals surface area (Å²) < 4.78 is 10.7. The van der Waals surface area contributed by atoms with E-state index in [1.165, 1.54) is 0 Å². The normalized spacial score (nSPS) is 10.3. The van der Waals surface area contributed by atoms with Crippen molar-refractivity contribution in [2.75, 3.05) is 27.3 Å². The predicted octanol–water partition coefficient (Wildman–Crippen LogP) is 2.14. The smallest absolute Gasteiger partial charge is 0.159 e. The van der Waals surface area contributed by atoms with E-state index in [1.54, 1.807) is 19.5 Å². The summed E-state index contributed by atoms with van der Waals surface area (Å²) in [7, 11) is 3.56. The number of benzene rings is 1. The van der Waals surface area contributed by atoms with Crippen LogP contribution in [0.25, 0.3) is 11.4 Å². The van der Waals surface area contributed by atoms with Gasteiger partial charge in [-0.2, -0.15) is 0 Å². The molecule has 0 spiro atoms. The van der Waals surface area contributed by atoms with Crippen molar-refractivity contribution >= 4 is 0 Å². The Morgan fingerprint density at radius 3 is 2.65 bits per heavy atom. The summed E-state index contributed by atoms with van der Waals surface area (Å²) in [5.74, 6) is 2.14. The van der Waals surface area contributed by atoms with Crippen molar-refractivity contribution in [3.63, 3.8) is 0 Å². The van der Waals surface area contributed by atoms with Gasteiger partial charge in [0.25, 0.3) is 0 Å². The largest absolute Gasteiger partial charge is 0.497 e. The Kier molecular flexibility index (Phi) is 5.32. The average molecular weight is 273 g/mol. The van der Waals surface area contributed by atoms with Crippen LogP contribution in [0, 0.1) is 0 Å². The first-order chi connectivity index (χ1) is 9.83. The summed E-state index contributed by atoms with van der Waals surface area (Å²) >= 11 is 0. The minimum Gasteiger partial charge on any atom is -0.497 e. The SMILES string of the molecule is CNCCCOc1cnc(-c2cccc(OC)c2)nc1. The third kappa shape index (κ3) is 3.93. The third-order valence-electron chi connectivity index (χ3n) is 2.80. The highest BCUT2D eigenvalue weighted by Gasteiger charge is 2.03. The Hall–Kier alpha value is -2.14. The van der Waals surface area contributed by atoms with Gasteiger partial charge in [0.1, 0.15) is 5.75 Å². The molecule has 5 heteroatoms. The van der Waals surface area contributed by atoms with Gasteiger partial charge in [0.2, 0.25) is 0 Å². The van der Waals surface area contributed by atoms with Gasteiger partial charge in [-0.3, -0.25) is 0 Å². The van der Waals surface area contributed by atoms with E-state index in [-0.39, 0.29) is 0 Å². The van der Waals surface area contributed by atoms with E-state index >= 15 is 0 Å². The number of aromatic nitrogens is 2. The summed E-state index contributed by atoms with van der Waals surface area (Å²) in [6.07, 6.45) is 4.34. The van der Waals surface area contributed by atoms with Crippen molar-refractivity contribution in [1.29, 1.82) is 0 Å². The summed E-state index contributed by atoms with van der Waals surface area (Å²) in [4.78, 5) is 8.63.